The summed E-state index contributed by atoms with van der Waals surface area (Å²) in [6.45, 7) is 2.05. The topological polar surface area (TPSA) is 72.2 Å². The van der Waals surface area contributed by atoms with Gasteiger partial charge in [-0.05, 0) is 31.2 Å². The number of nitro groups is 1. The van der Waals surface area contributed by atoms with E-state index in [0.29, 0.717) is 18.1 Å². The van der Waals surface area contributed by atoms with E-state index in [1.165, 1.54) is 0 Å². The number of nitrogens with one attached hydrogen (secondary N) is 1. The Bertz CT molecular complexity index is 563. The Morgan fingerprint density at radius 2 is 2.05 bits per heavy atom. The Balaban J connectivity index is 2.18. The highest BCUT2D eigenvalue weighted by Gasteiger charge is 2.26. The first-order valence-corrected chi connectivity index (χ1v) is 6.32. The Hall–Kier alpha value is -2.05. The van der Waals surface area contributed by atoms with Crippen LogP contribution in [0.4, 0.5) is 14.5 Å². The molecule has 0 spiro atoms. The van der Waals surface area contributed by atoms with Crippen molar-refractivity contribution in [2.24, 2.45) is 5.92 Å². The first-order valence-electron chi connectivity index (χ1n) is 6.32. The Kier molecular flexibility index (Phi) is 3.96. The van der Waals surface area contributed by atoms with Crippen LogP contribution in [0, 0.1) is 27.7 Å². The number of amides is 1. The summed E-state index contributed by atoms with van der Waals surface area (Å²) in [6.07, 6.45) is 2.56. The van der Waals surface area contributed by atoms with Gasteiger partial charge in [0.2, 0.25) is 5.82 Å². The lowest BCUT2D eigenvalue weighted by atomic mass is 10.1. The zero-order chi connectivity index (χ0) is 14.9. The largest absolute Gasteiger partial charge is 0.349 e. The highest BCUT2D eigenvalue weighted by Crippen LogP contribution is 2.26. The predicted molar refractivity (Wildman–Crippen MR) is 67.3 cm³/mol. The van der Waals surface area contributed by atoms with Gasteiger partial charge in [-0.1, -0.05) is 6.92 Å². The van der Waals surface area contributed by atoms with Crippen LogP contribution in [-0.2, 0) is 0 Å². The monoisotopic (exact) mass is 284 g/mol. The fourth-order valence-electron chi connectivity index (χ4n) is 2.45. The number of nitrogens with zero attached hydrogens (tertiary/aromatic N) is 1. The third-order valence-corrected chi connectivity index (χ3v) is 3.51. The quantitative estimate of drug-likeness (QED) is 0.685. The molecule has 108 valence electrons. The summed E-state index contributed by atoms with van der Waals surface area (Å²) >= 11 is 0. The number of hydrogen-bond acceptors (Lipinski definition) is 3. The molecule has 0 saturated heterocycles. The van der Waals surface area contributed by atoms with Gasteiger partial charge in [-0.15, -0.1) is 0 Å². The second-order valence-corrected chi connectivity index (χ2v) is 5.13. The number of nitro benzene ring substituents is 1. The van der Waals surface area contributed by atoms with Crippen molar-refractivity contribution < 1.29 is 18.5 Å². The molecule has 1 aromatic carbocycles. The fourth-order valence-corrected chi connectivity index (χ4v) is 2.45. The van der Waals surface area contributed by atoms with Crippen molar-refractivity contribution in [2.45, 2.75) is 32.2 Å². The van der Waals surface area contributed by atoms with Gasteiger partial charge < -0.3 is 5.32 Å². The first-order chi connectivity index (χ1) is 9.38. The second kappa shape index (κ2) is 5.52. The number of halogens is 2. The standard InChI is InChI=1S/C13H14F2N2O3/c1-7-2-3-8(4-7)16-13(18)9-5-11(15)12(17(19)20)6-10(9)14/h5-8H,2-4H2,1H3,(H,16,18). The predicted octanol–water partition coefficient (Wildman–Crippen LogP) is 2.79. The average Bonchev–Trinajstić information content (AvgIpc) is 2.76. The van der Waals surface area contributed by atoms with Crippen LogP contribution in [0.1, 0.15) is 36.5 Å². The van der Waals surface area contributed by atoms with Gasteiger partial charge in [-0.25, -0.2) is 4.39 Å². The van der Waals surface area contributed by atoms with Crippen LogP contribution in [0.5, 0.6) is 0 Å². The number of carbonyl (C=O) groups is 1. The number of carbonyl (C=O) groups excluding carboxylic acids is 1. The van der Waals surface area contributed by atoms with Crippen LogP contribution in [0.25, 0.3) is 0 Å². The molecular formula is C13H14F2N2O3. The number of rotatable bonds is 3. The molecule has 0 bridgehead atoms. The van der Waals surface area contributed by atoms with Gasteiger partial charge in [0.1, 0.15) is 5.82 Å². The van der Waals surface area contributed by atoms with Gasteiger partial charge in [-0.3, -0.25) is 14.9 Å². The van der Waals surface area contributed by atoms with Crippen molar-refractivity contribution in [2.75, 3.05) is 0 Å². The van der Waals surface area contributed by atoms with Gasteiger partial charge in [-0.2, -0.15) is 4.39 Å². The number of hydrogen-bond donors (Lipinski definition) is 1. The summed E-state index contributed by atoms with van der Waals surface area (Å²) in [7, 11) is 0. The molecular weight excluding hydrogens is 270 g/mol. The van der Waals surface area contributed by atoms with Crippen LogP contribution >= 0.6 is 0 Å². The van der Waals surface area contributed by atoms with Crippen molar-refractivity contribution in [1.29, 1.82) is 0 Å². The molecule has 2 unspecified atom stereocenters. The lowest BCUT2D eigenvalue weighted by molar-refractivity contribution is -0.387. The molecule has 1 aliphatic rings. The molecule has 0 heterocycles. The molecule has 0 aliphatic heterocycles. The van der Waals surface area contributed by atoms with Gasteiger partial charge in [0, 0.05) is 6.04 Å². The van der Waals surface area contributed by atoms with E-state index in [9.17, 15) is 23.7 Å². The lowest BCUT2D eigenvalue weighted by Gasteiger charge is -2.12. The van der Waals surface area contributed by atoms with Crippen LogP contribution in [0.2, 0.25) is 0 Å². The molecule has 0 radical (unpaired) electrons. The molecule has 5 nitrogen and oxygen atoms in total. The summed E-state index contributed by atoms with van der Waals surface area (Å²) in [5.74, 6) is -2.57. The fraction of sp³-hybridized carbons (Fsp3) is 0.462. The maximum atomic E-state index is 13.7. The molecule has 2 atom stereocenters. The molecule has 1 N–H and O–H groups in total. The lowest BCUT2D eigenvalue weighted by Crippen LogP contribution is -2.33. The SMILES string of the molecule is CC1CCC(NC(=O)c2cc(F)c([N+](=O)[O-])cc2F)C1. The number of benzene rings is 1. The minimum absolute atomic E-state index is 0.0600. The molecule has 1 aromatic rings. The van der Waals surface area contributed by atoms with E-state index in [2.05, 4.69) is 12.2 Å². The van der Waals surface area contributed by atoms with Crippen molar-refractivity contribution in [3.05, 3.63) is 39.4 Å². The first kappa shape index (κ1) is 14.4. The Labute approximate surface area is 114 Å². The third-order valence-electron chi connectivity index (χ3n) is 3.51. The zero-order valence-corrected chi connectivity index (χ0v) is 10.9. The van der Waals surface area contributed by atoms with Gasteiger partial charge in [0.15, 0.2) is 0 Å². The second-order valence-electron chi connectivity index (χ2n) is 5.13. The van der Waals surface area contributed by atoms with Gasteiger partial charge in [0.05, 0.1) is 16.6 Å². The van der Waals surface area contributed by atoms with E-state index in [0.717, 1.165) is 19.3 Å². The van der Waals surface area contributed by atoms with E-state index < -0.39 is 33.7 Å². The van der Waals surface area contributed by atoms with Crippen LogP contribution in [-0.4, -0.2) is 16.9 Å². The molecule has 7 heteroatoms. The van der Waals surface area contributed by atoms with Crippen molar-refractivity contribution in [1.82, 2.24) is 5.32 Å². The summed E-state index contributed by atoms with van der Waals surface area (Å²) in [6, 6.07) is 0.943. The molecule has 20 heavy (non-hydrogen) atoms. The summed E-state index contributed by atoms with van der Waals surface area (Å²) in [5, 5.41) is 13.1. The zero-order valence-electron chi connectivity index (χ0n) is 10.9. The van der Waals surface area contributed by atoms with Crippen LogP contribution in [0.3, 0.4) is 0 Å². The van der Waals surface area contributed by atoms with E-state index in [-0.39, 0.29) is 6.04 Å². The highest BCUT2D eigenvalue weighted by molar-refractivity contribution is 5.95. The van der Waals surface area contributed by atoms with Crippen LogP contribution < -0.4 is 5.32 Å². The Morgan fingerprint density at radius 1 is 1.35 bits per heavy atom. The summed E-state index contributed by atoms with van der Waals surface area (Å²) in [5.41, 5.74) is -1.49. The average molecular weight is 284 g/mol. The molecule has 1 saturated carbocycles. The molecule has 2 rings (SSSR count). The maximum absolute atomic E-state index is 13.7. The van der Waals surface area contributed by atoms with Crippen LogP contribution in [0.15, 0.2) is 12.1 Å². The van der Waals surface area contributed by atoms with Crippen molar-refractivity contribution in [3.8, 4) is 0 Å². The highest BCUT2D eigenvalue weighted by atomic mass is 19.1. The summed E-state index contributed by atoms with van der Waals surface area (Å²) in [4.78, 5) is 21.3. The van der Waals surface area contributed by atoms with E-state index in [1.54, 1.807) is 0 Å². The normalized spacial score (nSPS) is 21.8. The van der Waals surface area contributed by atoms with E-state index in [4.69, 9.17) is 0 Å². The maximum Gasteiger partial charge on any atom is 0.307 e. The van der Waals surface area contributed by atoms with Crippen molar-refractivity contribution >= 4 is 11.6 Å². The van der Waals surface area contributed by atoms with Crippen molar-refractivity contribution in [3.63, 3.8) is 0 Å². The van der Waals surface area contributed by atoms with E-state index in [1.807, 2.05) is 0 Å². The van der Waals surface area contributed by atoms with Gasteiger partial charge >= 0.3 is 5.69 Å². The minimum atomic E-state index is -1.22. The minimum Gasteiger partial charge on any atom is -0.349 e. The molecule has 0 aromatic heterocycles. The molecule has 1 amide bonds. The van der Waals surface area contributed by atoms with E-state index >= 15 is 0 Å². The summed E-state index contributed by atoms with van der Waals surface area (Å²) < 4.78 is 27.1. The third kappa shape index (κ3) is 2.92. The smallest absolute Gasteiger partial charge is 0.307 e. The molecule has 1 aliphatic carbocycles. The molecule has 1 fully saturated rings. The van der Waals surface area contributed by atoms with Gasteiger partial charge in [0.25, 0.3) is 5.91 Å². The Morgan fingerprint density at radius 3 is 2.60 bits per heavy atom.